The summed E-state index contributed by atoms with van der Waals surface area (Å²) in [4.78, 5) is 32.6. The number of carbonyl (C=O) groups excluding carboxylic acids is 2. The van der Waals surface area contributed by atoms with Gasteiger partial charge < -0.3 is 15.0 Å². The second-order valence-electron chi connectivity index (χ2n) is 9.35. The Kier molecular flexibility index (Phi) is 6.24. The molecule has 0 bridgehead atoms. The van der Waals surface area contributed by atoms with Crippen LogP contribution in [0.5, 0.6) is 11.6 Å². The molecule has 0 unspecified atom stereocenters. The molecule has 6 rings (SSSR count). The molecule has 4 heterocycles. The van der Waals surface area contributed by atoms with Crippen molar-refractivity contribution in [1.82, 2.24) is 29.9 Å². The number of halogens is 1. The number of carbonyl (C=O) groups is 2. The summed E-state index contributed by atoms with van der Waals surface area (Å²) in [7, 11) is 1.75. The molecule has 2 amide bonds. The smallest absolute Gasteiger partial charge is 0.274 e. The largest absolute Gasteiger partial charge is 0.439 e. The standard InChI is InChI=1S/C28H24ClN7O3/c1-16-21-13-19(6-9-23(21)33-32-16)31-27(37)26-22-15-36(12-11-24(22)34-35(26)2)28(38)17-3-7-20(8-4-17)39-25-10-5-18(29)14-30-25/h3-10,13-14H,11-12,15H2,1-2H3,(H,31,37)(H,32,33). The van der Waals surface area contributed by atoms with E-state index in [2.05, 4.69) is 25.6 Å². The number of benzene rings is 2. The van der Waals surface area contributed by atoms with E-state index in [1.165, 1.54) is 6.20 Å². The SMILES string of the molecule is Cc1[nH]nc2ccc(NC(=O)c3c4c(nn3C)CCN(C(=O)c3ccc(Oc5ccc(Cl)cn5)cc3)C4)cc12. The molecule has 196 valence electrons. The first-order valence-electron chi connectivity index (χ1n) is 12.4. The lowest BCUT2D eigenvalue weighted by atomic mass is 10.0. The van der Waals surface area contributed by atoms with Crippen LogP contribution in [0.15, 0.2) is 60.8 Å². The first-order chi connectivity index (χ1) is 18.9. The number of nitrogens with zero attached hydrogens (tertiary/aromatic N) is 5. The second-order valence-corrected chi connectivity index (χ2v) is 9.79. The molecule has 0 radical (unpaired) electrons. The van der Waals surface area contributed by atoms with E-state index >= 15 is 0 Å². The minimum atomic E-state index is -0.279. The van der Waals surface area contributed by atoms with Crippen molar-refractivity contribution in [3.63, 3.8) is 0 Å². The normalized spacial score (nSPS) is 12.8. The highest BCUT2D eigenvalue weighted by Crippen LogP contribution is 2.27. The number of hydrogen-bond donors (Lipinski definition) is 2. The van der Waals surface area contributed by atoms with Crippen LogP contribution in [-0.4, -0.2) is 48.2 Å². The monoisotopic (exact) mass is 541 g/mol. The zero-order valence-corrected chi connectivity index (χ0v) is 22.0. The van der Waals surface area contributed by atoms with Crippen LogP contribution < -0.4 is 10.1 Å². The molecule has 3 aromatic heterocycles. The molecule has 10 nitrogen and oxygen atoms in total. The minimum absolute atomic E-state index is 0.132. The van der Waals surface area contributed by atoms with E-state index in [4.69, 9.17) is 16.3 Å². The third kappa shape index (κ3) is 4.82. The highest BCUT2D eigenvalue weighted by Gasteiger charge is 2.30. The van der Waals surface area contributed by atoms with Crippen molar-refractivity contribution in [2.24, 2.45) is 7.05 Å². The Morgan fingerprint density at radius 3 is 2.69 bits per heavy atom. The lowest BCUT2D eigenvalue weighted by Crippen LogP contribution is -2.36. The van der Waals surface area contributed by atoms with E-state index in [0.29, 0.717) is 46.6 Å². The summed E-state index contributed by atoms with van der Waals surface area (Å²) in [5.41, 5.74) is 4.95. The molecular weight excluding hydrogens is 518 g/mol. The van der Waals surface area contributed by atoms with Gasteiger partial charge in [0.2, 0.25) is 5.88 Å². The Bertz CT molecular complexity index is 1710. The third-order valence-electron chi connectivity index (χ3n) is 6.72. The van der Waals surface area contributed by atoms with Crippen LogP contribution in [-0.2, 0) is 20.0 Å². The fourth-order valence-corrected chi connectivity index (χ4v) is 4.87. The molecule has 0 spiro atoms. The van der Waals surface area contributed by atoms with E-state index in [-0.39, 0.29) is 18.4 Å². The molecule has 2 N–H and O–H groups in total. The third-order valence-corrected chi connectivity index (χ3v) is 6.95. The number of amides is 2. The van der Waals surface area contributed by atoms with Crippen molar-refractivity contribution in [2.45, 2.75) is 19.9 Å². The lowest BCUT2D eigenvalue weighted by molar-refractivity contribution is 0.0732. The molecule has 39 heavy (non-hydrogen) atoms. The summed E-state index contributed by atoms with van der Waals surface area (Å²) in [6.45, 7) is 2.73. The van der Waals surface area contributed by atoms with E-state index in [9.17, 15) is 9.59 Å². The molecule has 0 saturated heterocycles. The molecule has 5 aromatic rings. The van der Waals surface area contributed by atoms with Crippen molar-refractivity contribution in [1.29, 1.82) is 0 Å². The topological polar surface area (TPSA) is 118 Å². The predicted octanol–water partition coefficient (Wildman–Crippen LogP) is 4.90. The van der Waals surface area contributed by atoms with Crippen LogP contribution >= 0.6 is 11.6 Å². The van der Waals surface area contributed by atoms with Crippen LogP contribution in [0.3, 0.4) is 0 Å². The predicted molar refractivity (Wildman–Crippen MR) is 146 cm³/mol. The maximum Gasteiger partial charge on any atom is 0.274 e. The molecule has 2 aromatic carbocycles. The maximum atomic E-state index is 13.4. The second kappa shape index (κ2) is 9.88. The molecule has 1 aliphatic heterocycles. The van der Waals surface area contributed by atoms with E-state index in [1.54, 1.807) is 53.0 Å². The van der Waals surface area contributed by atoms with Gasteiger partial charge in [-0.15, -0.1) is 0 Å². The number of nitrogens with one attached hydrogen (secondary N) is 2. The van der Waals surface area contributed by atoms with Gasteiger partial charge in [0.25, 0.3) is 11.8 Å². The molecule has 11 heteroatoms. The van der Waals surface area contributed by atoms with E-state index in [0.717, 1.165) is 27.9 Å². The number of ether oxygens (including phenoxy) is 1. The number of pyridine rings is 1. The van der Waals surface area contributed by atoms with Gasteiger partial charge in [-0.05, 0) is 55.5 Å². The van der Waals surface area contributed by atoms with Gasteiger partial charge in [0.05, 0.1) is 22.8 Å². The Morgan fingerprint density at radius 1 is 1.10 bits per heavy atom. The number of aryl methyl sites for hydroxylation is 2. The zero-order valence-electron chi connectivity index (χ0n) is 21.2. The number of anilines is 1. The average Bonchev–Trinajstić information content (AvgIpc) is 3.48. The van der Waals surface area contributed by atoms with E-state index in [1.807, 2.05) is 25.1 Å². The molecule has 0 fully saturated rings. The first kappa shape index (κ1) is 24.6. The van der Waals surface area contributed by atoms with Gasteiger partial charge in [-0.1, -0.05) is 11.6 Å². The summed E-state index contributed by atoms with van der Waals surface area (Å²) in [6.07, 6.45) is 2.07. The number of rotatable bonds is 5. The zero-order chi connectivity index (χ0) is 27.1. The number of H-pyrrole nitrogens is 1. The molecule has 0 aliphatic carbocycles. The molecule has 0 saturated carbocycles. The number of aromatic amines is 1. The van der Waals surface area contributed by atoms with Crippen molar-refractivity contribution >= 4 is 40.0 Å². The van der Waals surface area contributed by atoms with Gasteiger partial charge in [-0.2, -0.15) is 10.2 Å². The molecule has 1 aliphatic rings. The van der Waals surface area contributed by atoms with E-state index < -0.39 is 0 Å². The van der Waals surface area contributed by atoms with Crippen molar-refractivity contribution in [3.8, 4) is 11.6 Å². The van der Waals surface area contributed by atoms with Gasteiger partial charge in [0.15, 0.2) is 0 Å². The Hall–Kier alpha value is -4.70. The van der Waals surface area contributed by atoms with Crippen LogP contribution in [0.25, 0.3) is 10.9 Å². The maximum absolute atomic E-state index is 13.4. The quantitative estimate of drug-likeness (QED) is 0.327. The fraction of sp³-hybridized carbons (Fsp3) is 0.179. The van der Waals surface area contributed by atoms with Gasteiger partial charge in [0.1, 0.15) is 11.4 Å². The molecule has 0 atom stereocenters. The van der Waals surface area contributed by atoms with Crippen molar-refractivity contribution in [2.75, 3.05) is 11.9 Å². The summed E-state index contributed by atoms with van der Waals surface area (Å²) in [6, 6.07) is 15.8. The number of fused-ring (bicyclic) bond motifs is 2. The van der Waals surface area contributed by atoms with Crippen LogP contribution in [0, 0.1) is 6.92 Å². The lowest BCUT2D eigenvalue weighted by Gasteiger charge is -2.27. The summed E-state index contributed by atoms with van der Waals surface area (Å²) < 4.78 is 7.31. The minimum Gasteiger partial charge on any atom is -0.439 e. The average molecular weight is 542 g/mol. The Balaban J connectivity index is 1.18. The fourth-order valence-electron chi connectivity index (χ4n) is 4.76. The van der Waals surface area contributed by atoms with Gasteiger partial charge in [-0.25, -0.2) is 4.98 Å². The first-order valence-corrected chi connectivity index (χ1v) is 12.7. The Labute approximate surface area is 228 Å². The number of hydrogen-bond acceptors (Lipinski definition) is 6. The van der Waals surface area contributed by atoms with Crippen molar-refractivity contribution < 1.29 is 14.3 Å². The summed E-state index contributed by atoms with van der Waals surface area (Å²) in [5.74, 6) is 0.549. The van der Waals surface area contributed by atoms with Gasteiger partial charge in [0, 0.05) is 60.2 Å². The highest BCUT2D eigenvalue weighted by molar-refractivity contribution is 6.30. The van der Waals surface area contributed by atoms with Gasteiger partial charge in [-0.3, -0.25) is 19.4 Å². The summed E-state index contributed by atoms with van der Waals surface area (Å²) in [5, 5.41) is 16.2. The highest BCUT2D eigenvalue weighted by atomic mass is 35.5. The van der Waals surface area contributed by atoms with Crippen molar-refractivity contribution in [3.05, 3.63) is 94.0 Å². The summed E-state index contributed by atoms with van der Waals surface area (Å²) >= 11 is 5.87. The Morgan fingerprint density at radius 2 is 1.92 bits per heavy atom. The van der Waals surface area contributed by atoms with Crippen LogP contribution in [0.4, 0.5) is 5.69 Å². The van der Waals surface area contributed by atoms with Crippen LogP contribution in [0.1, 0.15) is 37.8 Å². The van der Waals surface area contributed by atoms with Gasteiger partial charge >= 0.3 is 0 Å². The molecular formula is C28H24ClN7O3. The number of aromatic nitrogens is 5. The van der Waals surface area contributed by atoms with Crippen LogP contribution in [0.2, 0.25) is 5.02 Å².